The van der Waals surface area contributed by atoms with Crippen LogP contribution in [-0.4, -0.2) is 44.1 Å². The van der Waals surface area contributed by atoms with Gasteiger partial charge >= 0.3 is 0 Å². The van der Waals surface area contributed by atoms with Crippen molar-refractivity contribution < 1.29 is 18.7 Å². The molecule has 35 heavy (non-hydrogen) atoms. The lowest BCUT2D eigenvalue weighted by Gasteiger charge is -2.14. The third kappa shape index (κ3) is 4.27. The molecule has 5 rings (SSSR count). The molecular weight excluding hydrogens is 474 g/mol. The number of pyridine rings is 1. The largest absolute Gasteiger partial charge is 0.496 e. The molecule has 2 amide bonds. The predicted octanol–water partition coefficient (Wildman–Crippen LogP) is 3.21. The SMILES string of the molecule is COc1cc(-n2cnnn2)c(Cl)cc1C(=O)NNC(=O)c1cc(-c2ccco2)nc2ccccc12. The number of halogens is 1. The summed E-state index contributed by atoms with van der Waals surface area (Å²) in [4.78, 5) is 30.5. The number of rotatable bonds is 5. The maximum atomic E-state index is 13.1. The van der Waals surface area contributed by atoms with E-state index in [1.54, 1.807) is 36.4 Å². The third-order valence-corrected chi connectivity index (χ3v) is 5.44. The molecule has 3 aromatic heterocycles. The van der Waals surface area contributed by atoms with Crippen molar-refractivity contribution in [2.75, 3.05) is 7.11 Å². The molecule has 0 saturated carbocycles. The fraction of sp³-hybridized carbons (Fsp3) is 0.0435. The van der Waals surface area contributed by atoms with Gasteiger partial charge in [0.15, 0.2) is 5.76 Å². The minimum Gasteiger partial charge on any atom is -0.496 e. The monoisotopic (exact) mass is 489 g/mol. The number of hydrogen-bond acceptors (Lipinski definition) is 8. The number of nitrogens with zero attached hydrogens (tertiary/aromatic N) is 5. The number of hydrogen-bond donors (Lipinski definition) is 2. The topological polar surface area (TPSA) is 137 Å². The number of para-hydroxylation sites is 1. The Bertz CT molecular complexity index is 1540. The van der Waals surface area contributed by atoms with Gasteiger partial charge in [-0.15, -0.1) is 5.10 Å². The van der Waals surface area contributed by atoms with Crippen LogP contribution in [0.5, 0.6) is 5.75 Å². The fourth-order valence-electron chi connectivity index (χ4n) is 3.50. The van der Waals surface area contributed by atoms with Gasteiger partial charge in [-0.2, -0.15) is 4.68 Å². The molecule has 0 aliphatic carbocycles. The molecule has 5 aromatic rings. The first-order chi connectivity index (χ1) is 17.0. The Morgan fingerprint density at radius 2 is 1.83 bits per heavy atom. The van der Waals surface area contributed by atoms with Crippen LogP contribution in [0, 0.1) is 0 Å². The van der Waals surface area contributed by atoms with Gasteiger partial charge in [0, 0.05) is 11.5 Å². The van der Waals surface area contributed by atoms with E-state index in [9.17, 15) is 9.59 Å². The van der Waals surface area contributed by atoms with Gasteiger partial charge in [0.2, 0.25) is 0 Å². The second-order valence-electron chi connectivity index (χ2n) is 7.22. The molecule has 0 unspecified atom stereocenters. The van der Waals surface area contributed by atoms with Crippen LogP contribution < -0.4 is 15.6 Å². The van der Waals surface area contributed by atoms with Crippen LogP contribution in [0.3, 0.4) is 0 Å². The third-order valence-electron chi connectivity index (χ3n) is 5.13. The van der Waals surface area contributed by atoms with E-state index in [2.05, 4.69) is 31.4 Å². The number of methoxy groups -OCH3 is 1. The number of amides is 2. The molecule has 0 fully saturated rings. The second kappa shape index (κ2) is 9.23. The van der Waals surface area contributed by atoms with Gasteiger partial charge < -0.3 is 9.15 Å². The molecule has 0 atom stereocenters. The highest BCUT2D eigenvalue weighted by molar-refractivity contribution is 6.33. The van der Waals surface area contributed by atoms with E-state index in [1.807, 2.05) is 6.07 Å². The zero-order valence-electron chi connectivity index (χ0n) is 18.1. The summed E-state index contributed by atoms with van der Waals surface area (Å²) in [6.07, 6.45) is 2.88. The Morgan fingerprint density at radius 1 is 1.03 bits per heavy atom. The molecule has 0 bridgehead atoms. The maximum Gasteiger partial charge on any atom is 0.273 e. The van der Waals surface area contributed by atoms with E-state index in [4.69, 9.17) is 20.8 Å². The van der Waals surface area contributed by atoms with E-state index in [1.165, 1.54) is 36.5 Å². The summed E-state index contributed by atoms with van der Waals surface area (Å²) in [6.45, 7) is 0. The van der Waals surface area contributed by atoms with Gasteiger partial charge in [0.1, 0.15) is 17.8 Å². The number of carbonyl (C=O) groups excluding carboxylic acids is 2. The van der Waals surface area contributed by atoms with E-state index in [0.29, 0.717) is 33.6 Å². The average molecular weight is 490 g/mol. The zero-order chi connectivity index (χ0) is 24.4. The quantitative estimate of drug-likeness (QED) is 0.359. The number of aromatic nitrogens is 5. The number of furan rings is 1. The number of nitrogens with one attached hydrogen (secondary N) is 2. The highest BCUT2D eigenvalue weighted by Gasteiger charge is 2.20. The standard InChI is InChI=1S/C23H16ClN7O4/c1-34-21-11-19(31-12-25-29-30-31)16(24)9-15(21)23(33)28-27-22(32)14-10-18(20-7-4-8-35-20)26-17-6-3-2-5-13(14)17/h2-12H,1H3,(H,27,32)(H,28,33). The number of carbonyl (C=O) groups is 2. The molecule has 0 spiro atoms. The molecule has 3 heterocycles. The van der Waals surface area contributed by atoms with E-state index in [0.717, 1.165) is 0 Å². The highest BCUT2D eigenvalue weighted by Crippen LogP contribution is 2.29. The molecule has 174 valence electrons. The van der Waals surface area contributed by atoms with E-state index < -0.39 is 11.8 Å². The Labute approximate surface area is 202 Å². The van der Waals surface area contributed by atoms with Crippen LogP contribution in [-0.2, 0) is 0 Å². The summed E-state index contributed by atoms with van der Waals surface area (Å²) in [5, 5.41) is 11.7. The fourth-order valence-corrected chi connectivity index (χ4v) is 3.75. The number of tetrazole rings is 1. The molecule has 0 radical (unpaired) electrons. The average Bonchev–Trinajstić information content (AvgIpc) is 3.61. The van der Waals surface area contributed by atoms with Gasteiger partial charge in [-0.3, -0.25) is 20.4 Å². The molecule has 0 aliphatic rings. The van der Waals surface area contributed by atoms with Crippen LogP contribution in [0.15, 0.2) is 71.6 Å². The van der Waals surface area contributed by atoms with Gasteiger partial charge in [0.05, 0.1) is 40.7 Å². The molecule has 2 N–H and O–H groups in total. The van der Waals surface area contributed by atoms with Crippen LogP contribution in [0.1, 0.15) is 20.7 Å². The van der Waals surface area contributed by atoms with Crippen molar-refractivity contribution in [3.05, 3.63) is 83.3 Å². The van der Waals surface area contributed by atoms with Crippen LogP contribution in [0.4, 0.5) is 0 Å². The molecular formula is C23H16ClN7O4. The second-order valence-corrected chi connectivity index (χ2v) is 7.62. The summed E-state index contributed by atoms with van der Waals surface area (Å²) in [5.74, 6) is -0.456. The normalized spacial score (nSPS) is 10.8. The molecule has 0 aliphatic heterocycles. The Balaban J connectivity index is 1.41. The first kappa shape index (κ1) is 22.0. The predicted molar refractivity (Wildman–Crippen MR) is 125 cm³/mol. The van der Waals surface area contributed by atoms with Gasteiger partial charge in [-0.1, -0.05) is 29.8 Å². The molecule has 0 saturated heterocycles. The van der Waals surface area contributed by atoms with Gasteiger partial charge in [-0.25, -0.2) is 4.98 Å². The Kier molecular flexibility index (Phi) is 5.81. The lowest BCUT2D eigenvalue weighted by atomic mass is 10.1. The number of benzene rings is 2. The summed E-state index contributed by atoms with van der Waals surface area (Å²) < 4.78 is 12.1. The Hall–Kier alpha value is -4.77. The first-order valence-electron chi connectivity index (χ1n) is 10.2. The lowest BCUT2D eigenvalue weighted by Crippen LogP contribution is -2.41. The summed E-state index contributed by atoms with van der Waals surface area (Å²) in [5.41, 5.74) is 6.76. The summed E-state index contributed by atoms with van der Waals surface area (Å²) in [6, 6.07) is 15.2. The van der Waals surface area contributed by atoms with Crippen LogP contribution >= 0.6 is 11.6 Å². The van der Waals surface area contributed by atoms with Crippen LogP contribution in [0.2, 0.25) is 5.02 Å². The van der Waals surface area contributed by atoms with Crippen molar-refractivity contribution in [1.82, 2.24) is 36.0 Å². The number of fused-ring (bicyclic) bond motifs is 1. The highest BCUT2D eigenvalue weighted by atomic mass is 35.5. The van der Waals surface area contributed by atoms with Gasteiger partial charge in [-0.05, 0) is 40.8 Å². The first-order valence-corrected chi connectivity index (χ1v) is 10.6. The van der Waals surface area contributed by atoms with Crippen molar-refractivity contribution in [1.29, 1.82) is 0 Å². The van der Waals surface area contributed by atoms with E-state index in [-0.39, 0.29) is 16.3 Å². The van der Waals surface area contributed by atoms with E-state index >= 15 is 0 Å². The van der Waals surface area contributed by atoms with Crippen molar-refractivity contribution in [2.45, 2.75) is 0 Å². The number of hydrazine groups is 1. The summed E-state index contributed by atoms with van der Waals surface area (Å²) >= 11 is 6.33. The summed E-state index contributed by atoms with van der Waals surface area (Å²) in [7, 11) is 1.40. The minimum absolute atomic E-state index is 0.102. The van der Waals surface area contributed by atoms with Crippen LogP contribution in [0.25, 0.3) is 28.0 Å². The van der Waals surface area contributed by atoms with Crippen molar-refractivity contribution in [3.8, 4) is 22.9 Å². The zero-order valence-corrected chi connectivity index (χ0v) is 18.9. The van der Waals surface area contributed by atoms with Gasteiger partial charge in [0.25, 0.3) is 11.8 Å². The molecule has 2 aromatic carbocycles. The lowest BCUT2D eigenvalue weighted by molar-refractivity contribution is 0.0846. The molecule has 12 heteroatoms. The smallest absolute Gasteiger partial charge is 0.273 e. The van der Waals surface area contributed by atoms with Crippen molar-refractivity contribution in [3.63, 3.8) is 0 Å². The Morgan fingerprint density at radius 3 is 2.54 bits per heavy atom. The molecule has 11 nitrogen and oxygen atoms in total. The number of ether oxygens (including phenoxy) is 1. The van der Waals surface area contributed by atoms with Crippen molar-refractivity contribution >= 4 is 34.3 Å². The minimum atomic E-state index is -0.634. The van der Waals surface area contributed by atoms with Crippen molar-refractivity contribution in [2.24, 2.45) is 0 Å². The maximum absolute atomic E-state index is 13.1.